The molecule has 2 heteroatoms. The monoisotopic (exact) mass is 778 g/mol. The van der Waals surface area contributed by atoms with E-state index in [1.165, 1.54) is 98.9 Å². The van der Waals surface area contributed by atoms with E-state index in [2.05, 4.69) is 235 Å². The zero-order chi connectivity index (χ0) is 40.4. The van der Waals surface area contributed by atoms with Crippen molar-refractivity contribution in [2.24, 2.45) is 0 Å². The average molecular weight is 779 g/mol. The van der Waals surface area contributed by atoms with E-state index in [-0.39, 0.29) is 0 Å². The van der Waals surface area contributed by atoms with Gasteiger partial charge in [-0.25, -0.2) is 0 Å². The number of allylic oxidation sites excluding steroid dienone is 1. The summed E-state index contributed by atoms with van der Waals surface area (Å²) in [6, 6.07) is 78.1. The van der Waals surface area contributed by atoms with Crippen molar-refractivity contribution in [3.05, 3.63) is 229 Å². The summed E-state index contributed by atoms with van der Waals surface area (Å²) in [4.78, 5) is 2.47. The van der Waals surface area contributed by atoms with Crippen LogP contribution in [0.5, 0.6) is 0 Å². The normalized spacial score (nSPS) is 13.9. The van der Waals surface area contributed by atoms with Crippen LogP contribution in [-0.2, 0) is 0 Å². The third kappa shape index (κ3) is 5.79. The minimum atomic E-state index is 0.301. The Morgan fingerprint density at radius 3 is 1.85 bits per heavy atom. The number of benzene rings is 10. The van der Waals surface area contributed by atoms with Crippen LogP contribution in [0, 0.1) is 0 Å². The summed E-state index contributed by atoms with van der Waals surface area (Å²) in [5, 5.41) is 11.4. The van der Waals surface area contributed by atoms with Crippen LogP contribution >= 0.6 is 0 Å². The van der Waals surface area contributed by atoms with Crippen molar-refractivity contribution in [3.8, 4) is 16.8 Å². The molecule has 2 nitrogen and oxygen atoms in total. The molecular weight excluding hydrogens is 737 g/mol. The molecule has 10 aromatic carbocycles. The highest BCUT2D eigenvalue weighted by Gasteiger charge is 2.28. The van der Waals surface area contributed by atoms with Gasteiger partial charge < -0.3 is 9.47 Å². The summed E-state index contributed by atoms with van der Waals surface area (Å²) in [6.07, 6.45) is 3.41. The summed E-state index contributed by atoms with van der Waals surface area (Å²) in [7, 11) is 0. The lowest BCUT2D eigenvalue weighted by Gasteiger charge is -2.30. The first-order valence-corrected chi connectivity index (χ1v) is 21.4. The molecule has 61 heavy (non-hydrogen) atoms. The summed E-state index contributed by atoms with van der Waals surface area (Å²) < 4.78 is 2.49. The van der Waals surface area contributed by atoms with Crippen molar-refractivity contribution in [1.82, 2.24) is 4.57 Å². The lowest BCUT2D eigenvalue weighted by Crippen LogP contribution is -2.14. The van der Waals surface area contributed by atoms with E-state index in [1.54, 1.807) is 0 Å². The second-order valence-corrected chi connectivity index (χ2v) is 16.5. The maximum absolute atomic E-state index is 2.49. The van der Waals surface area contributed by atoms with E-state index in [9.17, 15) is 0 Å². The Kier molecular flexibility index (Phi) is 8.24. The fourth-order valence-corrected chi connectivity index (χ4v) is 10.2. The van der Waals surface area contributed by atoms with Crippen LogP contribution in [0.4, 0.5) is 17.1 Å². The first kappa shape index (κ1) is 35.3. The van der Waals surface area contributed by atoms with E-state index in [0.29, 0.717) is 5.92 Å². The molecular formula is C59H42N2. The molecule has 1 atom stereocenters. The van der Waals surface area contributed by atoms with Gasteiger partial charge in [-0.3, -0.25) is 0 Å². The van der Waals surface area contributed by atoms with Gasteiger partial charge >= 0.3 is 0 Å². The van der Waals surface area contributed by atoms with Crippen molar-refractivity contribution in [3.63, 3.8) is 0 Å². The van der Waals surface area contributed by atoms with Gasteiger partial charge in [0.25, 0.3) is 0 Å². The van der Waals surface area contributed by atoms with Crippen molar-refractivity contribution >= 4 is 82.7 Å². The molecule has 0 bridgehead atoms. The maximum Gasteiger partial charge on any atom is 0.0537 e. The lowest BCUT2D eigenvalue weighted by atomic mass is 9.84. The molecule has 12 rings (SSSR count). The van der Waals surface area contributed by atoms with Gasteiger partial charge in [0.05, 0.1) is 11.2 Å². The van der Waals surface area contributed by atoms with Gasteiger partial charge in [0.1, 0.15) is 0 Å². The molecule has 0 aliphatic heterocycles. The molecule has 0 saturated carbocycles. The predicted octanol–water partition coefficient (Wildman–Crippen LogP) is 16.4. The van der Waals surface area contributed by atoms with Crippen LogP contribution in [0.3, 0.4) is 0 Å². The van der Waals surface area contributed by atoms with Gasteiger partial charge in [-0.15, -0.1) is 0 Å². The second-order valence-electron chi connectivity index (χ2n) is 16.5. The third-order valence-electron chi connectivity index (χ3n) is 13.0. The molecule has 1 aliphatic rings. The first-order chi connectivity index (χ1) is 30.2. The second kappa shape index (κ2) is 14.3. The lowest BCUT2D eigenvalue weighted by molar-refractivity contribution is 0.733. The number of nitrogens with zero attached hydrogens (tertiary/aromatic N) is 2. The van der Waals surface area contributed by atoms with Crippen LogP contribution in [0.2, 0.25) is 0 Å². The number of anilines is 3. The summed E-state index contributed by atoms with van der Waals surface area (Å²) in [6.45, 7) is 2.40. The van der Waals surface area contributed by atoms with Crippen LogP contribution < -0.4 is 4.90 Å². The SMILES string of the molecule is CC1CC(c2ccccc2N(c2ccc(-c3cccc4c3ccc3ccccc34)cc2)c2ccc3c(ccc4ccccc43)c2)=Cc2c1n(-c1ccccc1)c1ccccc21. The van der Waals surface area contributed by atoms with Crippen LogP contribution in [0.1, 0.15) is 36.1 Å². The number of fused-ring (bicyclic) bond motifs is 9. The van der Waals surface area contributed by atoms with Crippen molar-refractivity contribution in [2.45, 2.75) is 19.3 Å². The minimum Gasteiger partial charge on any atom is -0.313 e. The number of rotatable bonds is 6. The van der Waals surface area contributed by atoms with Crippen LogP contribution in [0.25, 0.3) is 82.5 Å². The van der Waals surface area contributed by atoms with E-state index < -0.39 is 0 Å². The first-order valence-electron chi connectivity index (χ1n) is 21.4. The quantitative estimate of drug-likeness (QED) is 0.153. The number of para-hydroxylation sites is 3. The number of hydrogen-bond donors (Lipinski definition) is 0. The van der Waals surface area contributed by atoms with Gasteiger partial charge in [0.15, 0.2) is 0 Å². The Bertz CT molecular complexity index is 3520. The minimum absolute atomic E-state index is 0.301. The summed E-state index contributed by atoms with van der Waals surface area (Å²) in [5.74, 6) is 0.301. The third-order valence-corrected chi connectivity index (χ3v) is 13.0. The van der Waals surface area contributed by atoms with Gasteiger partial charge in [-0.2, -0.15) is 0 Å². The summed E-state index contributed by atoms with van der Waals surface area (Å²) >= 11 is 0. The van der Waals surface area contributed by atoms with E-state index in [1.807, 2.05) is 0 Å². The zero-order valence-corrected chi connectivity index (χ0v) is 34.0. The molecule has 0 amide bonds. The Balaban J connectivity index is 1.03. The fourth-order valence-electron chi connectivity index (χ4n) is 10.2. The summed E-state index contributed by atoms with van der Waals surface area (Å²) in [5.41, 5.74) is 13.6. The van der Waals surface area contributed by atoms with E-state index in [0.717, 1.165) is 17.8 Å². The molecule has 0 saturated heterocycles. The molecule has 0 spiro atoms. The fraction of sp³-hybridized carbons (Fsp3) is 0.0508. The molecule has 0 fully saturated rings. The molecule has 288 valence electrons. The highest BCUT2D eigenvalue weighted by molar-refractivity contribution is 6.12. The van der Waals surface area contributed by atoms with E-state index >= 15 is 0 Å². The van der Waals surface area contributed by atoms with Gasteiger partial charge in [0.2, 0.25) is 0 Å². The molecule has 1 aliphatic carbocycles. The topological polar surface area (TPSA) is 8.17 Å². The standard InChI is InChI=1S/C59H42N2/c1-39-36-44(38-56-55-21-10-12-25-58(55)61(59(39)56)45-16-3-2-4-17-45)52-20-9-11-24-57(52)60(47-33-35-51-43(37-47)27-26-40-14-5-7-18-48(40)51)46-31-28-42(29-32-46)50-22-13-23-53-49-19-8-6-15-41(49)30-34-54(50)53/h2-35,37-39H,36H2,1H3. The van der Waals surface area contributed by atoms with Crippen LogP contribution in [-0.4, -0.2) is 4.57 Å². The van der Waals surface area contributed by atoms with Crippen LogP contribution in [0.15, 0.2) is 212 Å². The van der Waals surface area contributed by atoms with Crippen molar-refractivity contribution in [1.29, 1.82) is 0 Å². The highest BCUT2D eigenvalue weighted by atomic mass is 15.1. The molecule has 11 aromatic rings. The van der Waals surface area contributed by atoms with E-state index in [4.69, 9.17) is 0 Å². The number of aromatic nitrogens is 1. The zero-order valence-electron chi connectivity index (χ0n) is 34.0. The molecule has 1 aromatic heterocycles. The number of hydrogen-bond acceptors (Lipinski definition) is 1. The van der Waals surface area contributed by atoms with Gasteiger partial charge in [-0.05, 0) is 121 Å². The Hall–Kier alpha value is -7.68. The van der Waals surface area contributed by atoms with Crippen molar-refractivity contribution < 1.29 is 0 Å². The highest BCUT2D eigenvalue weighted by Crippen LogP contribution is 2.48. The molecule has 0 N–H and O–H groups in total. The predicted molar refractivity (Wildman–Crippen MR) is 261 cm³/mol. The molecule has 1 heterocycles. The average Bonchev–Trinajstić information content (AvgIpc) is 3.67. The van der Waals surface area contributed by atoms with Gasteiger partial charge in [0, 0.05) is 45.2 Å². The molecule has 0 radical (unpaired) electrons. The molecule has 1 unspecified atom stereocenters. The Labute approximate surface area is 355 Å². The maximum atomic E-state index is 2.49. The Morgan fingerprint density at radius 1 is 0.443 bits per heavy atom. The Morgan fingerprint density at radius 2 is 1.03 bits per heavy atom. The smallest absolute Gasteiger partial charge is 0.0537 e. The largest absolute Gasteiger partial charge is 0.313 e. The van der Waals surface area contributed by atoms with Gasteiger partial charge in [-0.1, -0.05) is 171 Å². The van der Waals surface area contributed by atoms with Crippen molar-refractivity contribution in [2.75, 3.05) is 4.90 Å².